The molecule has 1 aromatic carbocycles. The number of likely N-dealkylation sites (N-methyl/N-ethyl adjacent to an activating group) is 1. The Bertz CT molecular complexity index is 341. The molecule has 0 aliphatic heterocycles. The minimum Gasteiger partial charge on any atom is -0.380 e. The zero-order valence-corrected chi connectivity index (χ0v) is 11.9. The summed E-state index contributed by atoms with van der Waals surface area (Å²) in [6.45, 7) is 9.74. The van der Waals surface area contributed by atoms with Crippen molar-refractivity contribution in [3.05, 3.63) is 29.8 Å². The van der Waals surface area contributed by atoms with E-state index in [1.54, 1.807) is 0 Å². The van der Waals surface area contributed by atoms with Gasteiger partial charge in [-0.05, 0) is 31.9 Å². The van der Waals surface area contributed by atoms with E-state index in [0.717, 1.165) is 32.7 Å². The monoisotopic (exact) mass is 250 g/mol. The van der Waals surface area contributed by atoms with E-state index in [0.29, 0.717) is 0 Å². The first-order valence-corrected chi connectivity index (χ1v) is 6.91. The van der Waals surface area contributed by atoms with Crippen LogP contribution in [0.1, 0.15) is 38.8 Å². The predicted octanol–water partition coefficient (Wildman–Crippen LogP) is 2.96. The number of hydrogen-bond acceptors (Lipinski definition) is 3. The maximum Gasteiger partial charge on any atom is 0.0641 e. The fourth-order valence-electron chi connectivity index (χ4n) is 2.08. The molecule has 0 spiro atoms. The van der Waals surface area contributed by atoms with Crippen LogP contribution in [0.15, 0.2) is 24.3 Å². The van der Waals surface area contributed by atoms with Crippen molar-refractivity contribution in [2.45, 2.75) is 33.2 Å². The number of rotatable bonds is 8. The summed E-state index contributed by atoms with van der Waals surface area (Å²) in [6.07, 6.45) is 0.958. The lowest BCUT2D eigenvalue weighted by Gasteiger charge is -2.27. The fraction of sp³-hybridized carbons (Fsp3) is 0.600. The van der Waals surface area contributed by atoms with Gasteiger partial charge in [-0.1, -0.05) is 25.1 Å². The number of benzene rings is 1. The van der Waals surface area contributed by atoms with Crippen LogP contribution in [-0.4, -0.2) is 26.3 Å². The van der Waals surface area contributed by atoms with Gasteiger partial charge < -0.3 is 15.4 Å². The van der Waals surface area contributed by atoms with Gasteiger partial charge in [0.05, 0.1) is 6.61 Å². The van der Waals surface area contributed by atoms with Crippen LogP contribution in [0.4, 0.5) is 5.69 Å². The number of ether oxygens (including phenoxy) is 1. The molecule has 2 N–H and O–H groups in total. The van der Waals surface area contributed by atoms with Gasteiger partial charge in [-0.15, -0.1) is 0 Å². The van der Waals surface area contributed by atoms with Crippen LogP contribution >= 0.6 is 0 Å². The maximum atomic E-state index is 6.18. The van der Waals surface area contributed by atoms with Crippen molar-refractivity contribution in [3.63, 3.8) is 0 Å². The average Bonchev–Trinajstić information content (AvgIpc) is 2.43. The van der Waals surface area contributed by atoms with E-state index >= 15 is 0 Å². The Labute approximate surface area is 111 Å². The molecule has 0 heterocycles. The highest BCUT2D eigenvalue weighted by Crippen LogP contribution is 2.26. The summed E-state index contributed by atoms with van der Waals surface area (Å²) < 4.78 is 5.44. The van der Waals surface area contributed by atoms with Gasteiger partial charge in [0.25, 0.3) is 0 Å². The van der Waals surface area contributed by atoms with Crippen LogP contribution in [0.2, 0.25) is 0 Å². The summed E-state index contributed by atoms with van der Waals surface area (Å²) >= 11 is 0. The second-order valence-corrected chi connectivity index (χ2v) is 4.35. The number of nitrogens with zero attached hydrogens (tertiary/aromatic N) is 1. The fourth-order valence-corrected chi connectivity index (χ4v) is 2.08. The largest absolute Gasteiger partial charge is 0.380 e. The van der Waals surface area contributed by atoms with Crippen LogP contribution < -0.4 is 10.6 Å². The second-order valence-electron chi connectivity index (χ2n) is 4.35. The molecule has 3 nitrogen and oxygen atoms in total. The van der Waals surface area contributed by atoms with Crippen LogP contribution in [0, 0.1) is 0 Å². The second kappa shape index (κ2) is 8.11. The highest BCUT2D eigenvalue weighted by Gasteiger charge is 2.13. The first kappa shape index (κ1) is 15.0. The SMILES string of the molecule is CCOCCN(CC)c1ccccc1[C@H](N)CC. The molecule has 0 amide bonds. The minimum absolute atomic E-state index is 0.113. The molecule has 1 rings (SSSR count). The van der Waals surface area contributed by atoms with E-state index in [4.69, 9.17) is 10.5 Å². The van der Waals surface area contributed by atoms with Gasteiger partial charge in [-0.2, -0.15) is 0 Å². The molecule has 0 saturated carbocycles. The molecule has 1 atom stereocenters. The highest BCUT2D eigenvalue weighted by molar-refractivity contribution is 5.54. The highest BCUT2D eigenvalue weighted by atomic mass is 16.5. The lowest BCUT2D eigenvalue weighted by atomic mass is 10.0. The third-order valence-corrected chi connectivity index (χ3v) is 3.21. The molecule has 0 fully saturated rings. The lowest BCUT2D eigenvalue weighted by Crippen LogP contribution is -2.29. The van der Waals surface area contributed by atoms with Crippen molar-refractivity contribution in [2.75, 3.05) is 31.2 Å². The molecule has 0 aliphatic rings. The van der Waals surface area contributed by atoms with Gasteiger partial charge in [0.2, 0.25) is 0 Å². The molecule has 102 valence electrons. The zero-order valence-electron chi connectivity index (χ0n) is 11.9. The van der Waals surface area contributed by atoms with Crippen molar-refractivity contribution < 1.29 is 4.74 Å². The van der Waals surface area contributed by atoms with Crippen LogP contribution in [0.5, 0.6) is 0 Å². The van der Waals surface area contributed by atoms with Crippen molar-refractivity contribution in [3.8, 4) is 0 Å². The van der Waals surface area contributed by atoms with Gasteiger partial charge in [0.15, 0.2) is 0 Å². The van der Waals surface area contributed by atoms with Crippen LogP contribution in [0.3, 0.4) is 0 Å². The number of hydrogen-bond donors (Lipinski definition) is 1. The average molecular weight is 250 g/mol. The Hall–Kier alpha value is -1.06. The molecular formula is C15H26N2O. The van der Waals surface area contributed by atoms with Crippen molar-refractivity contribution in [1.82, 2.24) is 0 Å². The smallest absolute Gasteiger partial charge is 0.0641 e. The van der Waals surface area contributed by atoms with Gasteiger partial charge in [0.1, 0.15) is 0 Å². The van der Waals surface area contributed by atoms with E-state index in [1.807, 2.05) is 6.92 Å². The summed E-state index contributed by atoms with van der Waals surface area (Å²) in [6, 6.07) is 8.53. The molecule has 0 aliphatic carbocycles. The normalized spacial score (nSPS) is 12.4. The van der Waals surface area contributed by atoms with E-state index in [2.05, 4.69) is 43.0 Å². The molecule has 3 heteroatoms. The summed E-state index contributed by atoms with van der Waals surface area (Å²) in [5.41, 5.74) is 8.66. The first-order valence-electron chi connectivity index (χ1n) is 6.91. The van der Waals surface area contributed by atoms with Crippen molar-refractivity contribution in [1.29, 1.82) is 0 Å². The van der Waals surface area contributed by atoms with Crippen LogP contribution in [0.25, 0.3) is 0 Å². The van der Waals surface area contributed by atoms with E-state index in [9.17, 15) is 0 Å². The predicted molar refractivity (Wildman–Crippen MR) is 78.0 cm³/mol. The Kier molecular flexibility index (Phi) is 6.76. The molecule has 0 aromatic heterocycles. The molecule has 0 radical (unpaired) electrons. The molecule has 0 unspecified atom stereocenters. The molecule has 1 aromatic rings. The minimum atomic E-state index is 0.113. The number of nitrogens with two attached hydrogens (primary N) is 1. The van der Waals surface area contributed by atoms with Gasteiger partial charge in [-0.3, -0.25) is 0 Å². The van der Waals surface area contributed by atoms with E-state index in [-0.39, 0.29) is 6.04 Å². The quantitative estimate of drug-likeness (QED) is 0.721. The lowest BCUT2D eigenvalue weighted by molar-refractivity contribution is 0.154. The maximum absolute atomic E-state index is 6.18. The van der Waals surface area contributed by atoms with Crippen molar-refractivity contribution >= 4 is 5.69 Å². The van der Waals surface area contributed by atoms with Gasteiger partial charge in [0, 0.05) is 31.4 Å². The standard InChI is InChI=1S/C15H26N2O/c1-4-14(16)13-9-7-8-10-15(13)17(5-2)11-12-18-6-3/h7-10,14H,4-6,11-12,16H2,1-3H3/t14-/m1/s1. The summed E-state index contributed by atoms with van der Waals surface area (Å²) in [4.78, 5) is 2.33. The topological polar surface area (TPSA) is 38.5 Å². The van der Waals surface area contributed by atoms with E-state index in [1.165, 1.54) is 11.3 Å². The van der Waals surface area contributed by atoms with Gasteiger partial charge >= 0.3 is 0 Å². The molecular weight excluding hydrogens is 224 g/mol. The molecule has 0 saturated heterocycles. The van der Waals surface area contributed by atoms with Crippen molar-refractivity contribution in [2.24, 2.45) is 5.73 Å². The first-order chi connectivity index (χ1) is 8.74. The molecule has 18 heavy (non-hydrogen) atoms. The van der Waals surface area contributed by atoms with Gasteiger partial charge in [-0.25, -0.2) is 0 Å². The third-order valence-electron chi connectivity index (χ3n) is 3.21. The summed E-state index contributed by atoms with van der Waals surface area (Å²) in [7, 11) is 0. The third kappa shape index (κ3) is 4.00. The number of para-hydroxylation sites is 1. The van der Waals surface area contributed by atoms with Crippen LogP contribution in [-0.2, 0) is 4.74 Å². The van der Waals surface area contributed by atoms with E-state index < -0.39 is 0 Å². The zero-order chi connectivity index (χ0) is 13.4. The Morgan fingerprint density at radius 1 is 1.22 bits per heavy atom. The molecule has 0 bridgehead atoms. The Balaban J connectivity index is 2.83. The Morgan fingerprint density at radius 3 is 2.56 bits per heavy atom. The Morgan fingerprint density at radius 2 is 1.94 bits per heavy atom. The number of anilines is 1. The summed E-state index contributed by atoms with van der Waals surface area (Å²) in [5, 5.41) is 0. The summed E-state index contributed by atoms with van der Waals surface area (Å²) in [5.74, 6) is 0.